The SMILES string of the molecule is C[C@@H]1CCC2(NC1)OC1CC3C4CC=C5C[C@@H](OC6O[C@H](CO)[C@@H](O[C@@H]7O[C@@H](C)[C@H](O)[C@@H](O)[C@H]7O)[C@H](O)[C@H]6O[C@@H]6O[C@@H](C)[C@H](O)[C@@H](O)[C@H]6O)CC[C@]5(C)C4C[C@H](O)[C@]3(C)C1[C@@H]2C. The second-order valence-corrected chi connectivity index (χ2v) is 21.3. The first-order valence-corrected chi connectivity index (χ1v) is 23.4. The lowest BCUT2D eigenvalue weighted by Gasteiger charge is -2.60. The lowest BCUT2D eigenvalue weighted by atomic mass is 9.46. The number of piperidine rings is 1. The molecule has 0 bridgehead atoms. The van der Waals surface area contributed by atoms with Crippen molar-refractivity contribution in [3.05, 3.63) is 11.6 Å². The zero-order valence-corrected chi connectivity index (χ0v) is 36.9. The van der Waals surface area contributed by atoms with Gasteiger partial charge in [0.25, 0.3) is 0 Å². The van der Waals surface area contributed by atoms with Gasteiger partial charge in [-0.15, -0.1) is 0 Å². The number of hydrogen-bond acceptors (Lipinski definition) is 17. The number of hydrogen-bond donors (Lipinski definition) is 10. The number of rotatable bonds is 7. The van der Waals surface area contributed by atoms with E-state index >= 15 is 0 Å². The fourth-order valence-electron chi connectivity index (χ4n) is 14.1. The van der Waals surface area contributed by atoms with Gasteiger partial charge < -0.3 is 79.1 Å². The summed E-state index contributed by atoms with van der Waals surface area (Å²) in [5, 5.41) is 102. The van der Waals surface area contributed by atoms with Gasteiger partial charge in [-0.05, 0) is 100 Å². The molecule has 9 aliphatic rings. The van der Waals surface area contributed by atoms with Crippen LogP contribution in [-0.4, -0.2) is 175 Å². The highest BCUT2D eigenvalue weighted by Gasteiger charge is 2.71. The van der Waals surface area contributed by atoms with Crippen LogP contribution in [0.3, 0.4) is 0 Å². The van der Waals surface area contributed by atoms with Gasteiger partial charge in [-0.3, -0.25) is 5.32 Å². The number of nitrogens with one attached hydrogen (secondary N) is 1. The Morgan fingerprint density at radius 2 is 1.35 bits per heavy atom. The molecule has 0 aromatic rings. The van der Waals surface area contributed by atoms with Crippen molar-refractivity contribution < 1.29 is 79.1 Å². The monoisotopic (exact) mass is 883 g/mol. The van der Waals surface area contributed by atoms with Gasteiger partial charge in [-0.2, -0.15) is 0 Å². The first kappa shape index (κ1) is 46.2. The number of ether oxygens (including phenoxy) is 7. The Morgan fingerprint density at radius 3 is 1.97 bits per heavy atom. The number of aliphatic hydroxyl groups is 9. The van der Waals surface area contributed by atoms with Crippen LogP contribution in [-0.2, 0) is 33.2 Å². The molecule has 17 nitrogen and oxygen atoms in total. The highest BCUT2D eigenvalue weighted by Crippen LogP contribution is 2.70. The molecular weight excluding hydrogens is 810 g/mol. The minimum absolute atomic E-state index is 0.116. The van der Waals surface area contributed by atoms with Crippen LogP contribution in [0.25, 0.3) is 0 Å². The summed E-state index contributed by atoms with van der Waals surface area (Å²) in [5.41, 5.74) is 0.504. The van der Waals surface area contributed by atoms with Crippen LogP contribution in [0.15, 0.2) is 11.6 Å². The Labute approximate surface area is 364 Å². The molecule has 0 aromatic heterocycles. The summed E-state index contributed by atoms with van der Waals surface area (Å²) < 4.78 is 43.6. The molecule has 5 heterocycles. The van der Waals surface area contributed by atoms with Gasteiger partial charge in [0.05, 0.1) is 37.1 Å². The van der Waals surface area contributed by atoms with Crippen LogP contribution in [0, 0.1) is 46.3 Å². The summed E-state index contributed by atoms with van der Waals surface area (Å²) in [6, 6.07) is 0. The highest BCUT2D eigenvalue weighted by molar-refractivity contribution is 5.27. The molecule has 8 fully saturated rings. The third kappa shape index (κ3) is 7.31. The Balaban J connectivity index is 0.927. The van der Waals surface area contributed by atoms with Gasteiger partial charge >= 0.3 is 0 Å². The molecule has 5 aliphatic heterocycles. The third-order valence-electron chi connectivity index (χ3n) is 18.0. The molecule has 9 rings (SSSR count). The molecule has 10 N–H and O–H groups in total. The Kier molecular flexibility index (Phi) is 12.7. The Morgan fingerprint density at radius 1 is 0.710 bits per heavy atom. The Bertz CT molecular complexity index is 1630. The van der Waals surface area contributed by atoms with Gasteiger partial charge in [0, 0.05) is 17.9 Å². The zero-order chi connectivity index (χ0) is 44.4. The maximum absolute atomic E-state index is 12.3. The van der Waals surface area contributed by atoms with Crippen LogP contribution in [0.2, 0.25) is 0 Å². The van der Waals surface area contributed by atoms with Crippen molar-refractivity contribution in [3.8, 4) is 0 Å². The van der Waals surface area contributed by atoms with E-state index < -0.39 is 111 Å². The topological polar surface area (TPSA) is 259 Å². The van der Waals surface area contributed by atoms with Gasteiger partial charge in [-0.1, -0.05) is 39.3 Å². The van der Waals surface area contributed by atoms with Crippen LogP contribution < -0.4 is 5.32 Å². The van der Waals surface area contributed by atoms with E-state index in [2.05, 4.69) is 39.1 Å². The van der Waals surface area contributed by atoms with Gasteiger partial charge in [0.1, 0.15) is 66.8 Å². The van der Waals surface area contributed by atoms with E-state index in [4.69, 9.17) is 33.2 Å². The summed E-state index contributed by atoms with van der Waals surface area (Å²) >= 11 is 0. The molecule has 27 atom stereocenters. The third-order valence-corrected chi connectivity index (χ3v) is 18.0. The van der Waals surface area contributed by atoms with Crippen molar-refractivity contribution in [1.82, 2.24) is 5.32 Å². The summed E-state index contributed by atoms with van der Waals surface area (Å²) in [6.45, 7) is 12.6. The average Bonchev–Trinajstić information content (AvgIpc) is 3.70. The molecule has 0 aromatic carbocycles. The number of fused-ring (bicyclic) bond motifs is 7. The lowest BCUT2D eigenvalue weighted by Crippen LogP contribution is -2.66. The van der Waals surface area contributed by atoms with Crippen LogP contribution >= 0.6 is 0 Å². The van der Waals surface area contributed by atoms with E-state index in [1.165, 1.54) is 19.4 Å². The second-order valence-electron chi connectivity index (χ2n) is 21.3. The van der Waals surface area contributed by atoms with Crippen molar-refractivity contribution in [2.75, 3.05) is 13.2 Å². The quantitative estimate of drug-likeness (QED) is 0.148. The largest absolute Gasteiger partial charge is 0.394 e. The second kappa shape index (κ2) is 17.0. The standard InChI is InChI=1S/C45H73NO16/c1-18-9-12-45(46-16-18)19(2)30-27(62-45)14-26-24-8-7-22-13-23(10-11-43(22,5)25(24)15-29(48)44(26,30)6)58-42-39(61-41-36(54)34(52)32(50)21(4)57-41)37(55)38(28(17-47)59-42)60-40-35(53)33(51)31(49)20(3)56-40/h7,18-21,23-42,46-55H,8-17H2,1-6H3/t18-,19+,20+,21+,23+,24?,25?,26?,27?,28-,29+,30?,31+,32+,33-,34-,35-,36-,37+,38-,39-,40+,41+,42?,43+,44-,45?/m1/s1. The van der Waals surface area contributed by atoms with E-state index in [9.17, 15) is 46.0 Å². The van der Waals surface area contributed by atoms with Crippen molar-refractivity contribution >= 4 is 0 Å². The van der Waals surface area contributed by atoms with Gasteiger partial charge in [-0.25, -0.2) is 0 Å². The fraction of sp³-hybridized carbons (Fsp3) is 0.956. The first-order chi connectivity index (χ1) is 29.3. The molecular formula is C45H73NO16. The molecule has 0 radical (unpaired) electrons. The van der Waals surface area contributed by atoms with Crippen molar-refractivity contribution in [1.29, 1.82) is 0 Å². The van der Waals surface area contributed by atoms with Crippen molar-refractivity contribution in [2.24, 2.45) is 46.3 Å². The molecule has 5 saturated heterocycles. The summed E-state index contributed by atoms with van der Waals surface area (Å²) in [5.74, 6) is 2.20. The number of allylic oxidation sites excluding steroid dienone is 1. The van der Waals surface area contributed by atoms with Gasteiger partial charge in [0.15, 0.2) is 18.9 Å². The fourth-order valence-corrected chi connectivity index (χ4v) is 14.1. The highest BCUT2D eigenvalue weighted by atomic mass is 16.8. The molecule has 0 amide bonds. The van der Waals surface area contributed by atoms with Crippen LogP contribution in [0.4, 0.5) is 0 Å². The van der Waals surface area contributed by atoms with Gasteiger partial charge in [0.2, 0.25) is 0 Å². The first-order valence-electron chi connectivity index (χ1n) is 23.4. The maximum Gasteiger partial charge on any atom is 0.187 e. The Hall–Kier alpha value is -0.940. The summed E-state index contributed by atoms with van der Waals surface area (Å²) in [7, 11) is 0. The molecule has 354 valence electrons. The predicted octanol–water partition coefficient (Wildman–Crippen LogP) is -0.214. The van der Waals surface area contributed by atoms with Crippen LogP contribution in [0.1, 0.15) is 92.9 Å². The maximum atomic E-state index is 12.3. The molecule has 4 aliphatic carbocycles. The molecule has 3 saturated carbocycles. The number of aliphatic hydroxyl groups excluding tert-OH is 9. The minimum Gasteiger partial charge on any atom is -0.394 e. The minimum atomic E-state index is -1.73. The molecule has 17 heteroatoms. The summed E-state index contributed by atoms with van der Waals surface area (Å²) in [4.78, 5) is 0. The van der Waals surface area contributed by atoms with E-state index in [1.54, 1.807) is 0 Å². The van der Waals surface area contributed by atoms with E-state index in [-0.39, 0.29) is 34.5 Å². The normalized spacial score (nSPS) is 58.9. The predicted molar refractivity (Wildman–Crippen MR) is 216 cm³/mol. The van der Waals surface area contributed by atoms with Crippen molar-refractivity contribution in [3.63, 3.8) is 0 Å². The smallest absolute Gasteiger partial charge is 0.187 e. The lowest BCUT2D eigenvalue weighted by molar-refractivity contribution is -0.388. The summed E-state index contributed by atoms with van der Waals surface area (Å²) in [6.07, 6.45) is -13.5. The van der Waals surface area contributed by atoms with E-state index in [1.807, 2.05) is 0 Å². The molecule has 1 spiro atoms. The molecule has 7 unspecified atom stereocenters. The van der Waals surface area contributed by atoms with E-state index in [0.29, 0.717) is 42.9 Å². The average molecular weight is 884 g/mol. The molecule has 62 heavy (non-hydrogen) atoms. The van der Waals surface area contributed by atoms with Crippen LogP contribution in [0.5, 0.6) is 0 Å². The van der Waals surface area contributed by atoms with Crippen molar-refractivity contribution in [2.45, 2.75) is 209 Å². The zero-order valence-electron chi connectivity index (χ0n) is 36.9. The van der Waals surface area contributed by atoms with E-state index in [0.717, 1.165) is 38.6 Å².